The molecule has 5 nitrogen and oxygen atoms in total. The minimum atomic E-state index is -0.373. The second kappa shape index (κ2) is 7.88. The van der Waals surface area contributed by atoms with Crippen molar-refractivity contribution in [2.45, 2.75) is 59.0 Å². The number of carbonyl (C=O) groups excluding carboxylic acids is 2. The number of anilines is 1. The van der Waals surface area contributed by atoms with E-state index in [1.165, 1.54) is 16.2 Å². The number of rotatable bonds is 4. The van der Waals surface area contributed by atoms with Crippen LogP contribution in [0.25, 0.3) is 6.08 Å². The van der Waals surface area contributed by atoms with Crippen LogP contribution in [-0.4, -0.2) is 28.9 Å². The Morgan fingerprint density at radius 3 is 2.52 bits per heavy atom. The number of nitrogens with one attached hydrogen (secondary N) is 1. The summed E-state index contributed by atoms with van der Waals surface area (Å²) in [4.78, 5) is 29.0. The number of hydrogen-bond donors (Lipinski definition) is 1. The zero-order valence-electron chi connectivity index (χ0n) is 19.0. The molecule has 0 aromatic heterocycles. The van der Waals surface area contributed by atoms with E-state index >= 15 is 0 Å². The Morgan fingerprint density at radius 1 is 1.13 bits per heavy atom. The molecule has 2 aliphatic rings. The molecule has 4 rings (SSSR count). The van der Waals surface area contributed by atoms with Crippen molar-refractivity contribution in [3.8, 4) is 0 Å². The van der Waals surface area contributed by atoms with E-state index < -0.39 is 0 Å². The van der Waals surface area contributed by atoms with Crippen LogP contribution < -0.4 is 10.2 Å². The van der Waals surface area contributed by atoms with Crippen LogP contribution in [0.3, 0.4) is 0 Å². The van der Waals surface area contributed by atoms with Crippen LogP contribution in [0.1, 0.15) is 62.3 Å². The summed E-state index contributed by atoms with van der Waals surface area (Å²) in [6, 6.07) is 13.8. The van der Waals surface area contributed by atoms with Crippen molar-refractivity contribution in [3.05, 3.63) is 70.4 Å². The van der Waals surface area contributed by atoms with Gasteiger partial charge in [0.15, 0.2) is 0 Å². The summed E-state index contributed by atoms with van der Waals surface area (Å²) in [5, 5.41) is 2.75. The summed E-state index contributed by atoms with van der Waals surface area (Å²) in [5.41, 5.74) is 6.01. The Balaban J connectivity index is 1.59. The molecular weight excluding hydrogens is 386 g/mol. The van der Waals surface area contributed by atoms with E-state index in [9.17, 15) is 9.59 Å². The largest absolute Gasteiger partial charge is 0.366 e. The number of imide groups is 1. The Hall–Kier alpha value is -3.08. The highest BCUT2D eigenvalue weighted by Gasteiger charge is 2.36. The van der Waals surface area contributed by atoms with Crippen molar-refractivity contribution in [3.63, 3.8) is 0 Å². The fourth-order valence-electron chi connectivity index (χ4n) is 4.96. The minimum absolute atomic E-state index is 0.118. The Kier molecular flexibility index (Phi) is 5.38. The number of hydrogen-bond acceptors (Lipinski definition) is 3. The van der Waals surface area contributed by atoms with E-state index in [1.807, 2.05) is 37.3 Å². The molecule has 2 aliphatic heterocycles. The smallest absolute Gasteiger partial charge is 0.329 e. The van der Waals surface area contributed by atoms with Gasteiger partial charge in [0.25, 0.3) is 5.91 Å². The van der Waals surface area contributed by atoms with Crippen LogP contribution in [0, 0.1) is 6.92 Å². The molecule has 1 N–H and O–H groups in total. The molecule has 0 spiro atoms. The normalized spacial score (nSPS) is 21.5. The topological polar surface area (TPSA) is 52.7 Å². The summed E-state index contributed by atoms with van der Waals surface area (Å²) in [6.07, 6.45) is 2.87. The molecule has 0 unspecified atom stereocenters. The monoisotopic (exact) mass is 417 g/mol. The van der Waals surface area contributed by atoms with E-state index in [4.69, 9.17) is 0 Å². The maximum absolute atomic E-state index is 12.9. The van der Waals surface area contributed by atoms with Gasteiger partial charge in [-0.2, -0.15) is 0 Å². The number of carbonyl (C=O) groups is 2. The number of aryl methyl sites for hydroxylation is 1. The fraction of sp³-hybridized carbons (Fsp3) is 0.385. The lowest BCUT2D eigenvalue weighted by Crippen LogP contribution is -2.48. The number of fused-ring (bicyclic) bond motifs is 1. The van der Waals surface area contributed by atoms with Crippen molar-refractivity contribution in [1.29, 1.82) is 0 Å². The quantitative estimate of drug-likeness (QED) is 0.549. The van der Waals surface area contributed by atoms with Crippen LogP contribution in [0.2, 0.25) is 0 Å². The number of nitrogens with zero attached hydrogens (tertiary/aromatic N) is 2. The van der Waals surface area contributed by atoms with E-state index in [0.717, 1.165) is 29.7 Å². The second-order valence-corrected chi connectivity index (χ2v) is 9.35. The van der Waals surface area contributed by atoms with Gasteiger partial charge in [-0.25, -0.2) is 4.79 Å². The molecule has 0 aliphatic carbocycles. The van der Waals surface area contributed by atoms with E-state index in [2.05, 4.69) is 50.0 Å². The molecular formula is C26H31N3O2. The van der Waals surface area contributed by atoms with Crippen molar-refractivity contribution >= 4 is 23.7 Å². The predicted octanol–water partition coefficient (Wildman–Crippen LogP) is 5.20. The average Bonchev–Trinajstić information content (AvgIpc) is 2.97. The summed E-state index contributed by atoms with van der Waals surface area (Å²) in [7, 11) is 0. The Bertz CT molecular complexity index is 1050. The maximum Gasteiger partial charge on any atom is 0.329 e. The first-order valence-corrected chi connectivity index (χ1v) is 11.0. The Labute approximate surface area is 184 Å². The molecule has 162 valence electrons. The molecule has 1 atom stereocenters. The summed E-state index contributed by atoms with van der Waals surface area (Å²) in [6.45, 7) is 12.3. The lowest BCUT2D eigenvalue weighted by molar-refractivity contribution is -0.123. The van der Waals surface area contributed by atoms with Crippen LogP contribution in [0.15, 0.2) is 48.2 Å². The van der Waals surface area contributed by atoms with E-state index in [0.29, 0.717) is 11.6 Å². The van der Waals surface area contributed by atoms with Gasteiger partial charge in [-0.05, 0) is 74.9 Å². The minimum Gasteiger partial charge on any atom is -0.366 e. The average molecular weight is 418 g/mol. The predicted molar refractivity (Wildman–Crippen MR) is 125 cm³/mol. The third-order valence-corrected chi connectivity index (χ3v) is 6.46. The van der Waals surface area contributed by atoms with Gasteiger partial charge in [-0.1, -0.05) is 42.8 Å². The molecule has 1 fully saturated rings. The van der Waals surface area contributed by atoms with Gasteiger partial charge in [0.05, 0.1) is 6.54 Å². The highest BCUT2D eigenvalue weighted by Crippen LogP contribution is 2.43. The molecule has 0 radical (unpaired) electrons. The van der Waals surface area contributed by atoms with E-state index in [1.54, 1.807) is 6.08 Å². The standard InChI is InChI=1S/C26H31N3O2/c1-6-29-23-12-11-20(13-21(23)18(3)15-26(29,4)5)14-22-24(30)28(25(31)27-22)16-19-9-7-17(2)8-10-19/h7-14,18H,6,15-16H2,1-5H3,(H,27,31)/b22-14-/t18-/m0/s1. The number of urea groups is 1. The molecule has 0 saturated carbocycles. The third kappa shape index (κ3) is 3.97. The summed E-state index contributed by atoms with van der Waals surface area (Å²) < 4.78 is 0. The SMILES string of the molecule is CCN1c2ccc(/C=C3\NC(=O)N(Cc4ccc(C)cc4)C3=O)cc2[C@@H](C)CC1(C)C. The van der Waals surface area contributed by atoms with Gasteiger partial charge in [-0.15, -0.1) is 0 Å². The molecule has 2 aromatic rings. The first-order valence-electron chi connectivity index (χ1n) is 11.0. The second-order valence-electron chi connectivity index (χ2n) is 9.35. The lowest BCUT2D eigenvalue weighted by atomic mass is 9.79. The molecule has 3 amide bonds. The van der Waals surface area contributed by atoms with Gasteiger partial charge < -0.3 is 10.2 Å². The lowest BCUT2D eigenvalue weighted by Gasteiger charge is -2.47. The van der Waals surface area contributed by atoms with Crippen molar-refractivity contribution in [2.24, 2.45) is 0 Å². The molecule has 31 heavy (non-hydrogen) atoms. The highest BCUT2D eigenvalue weighted by atomic mass is 16.2. The third-order valence-electron chi connectivity index (χ3n) is 6.46. The zero-order chi connectivity index (χ0) is 22.3. The molecule has 1 saturated heterocycles. The summed E-state index contributed by atoms with van der Waals surface area (Å²) in [5.74, 6) is 0.144. The molecule has 5 heteroatoms. The maximum atomic E-state index is 12.9. The highest BCUT2D eigenvalue weighted by molar-refractivity contribution is 6.13. The molecule has 2 aromatic carbocycles. The molecule has 2 heterocycles. The first-order chi connectivity index (χ1) is 14.7. The van der Waals surface area contributed by atoms with Gasteiger partial charge >= 0.3 is 6.03 Å². The molecule has 0 bridgehead atoms. The number of amides is 3. The van der Waals surface area contributed by atoms with Crippen molar-refractivity contribution < 1.29 is 9.59 Å². The Morgan fingerprint density at radius 2 is 1.84 bits per heavy atom. The van der Waals surface area contributed by atoms with Gasteiger partial charge in [0, 0.05) is 17.8 Å². The first kappa shape index (κ1) is 21.2. The van der Waals surface area contributed by atoms with Gasteiger partial charge in [-0.3, -0.25) is 9.69 Å². The summed E-state index contributed by atoms with van der Waals surface area (Å²) >= 11 is 0. The van der Waals surface area contributed by atoms with Crippen molar-refractivity contribution in [1.82, 2.24) is 10.2 Å². The van der Waals surface area contributed by atoms with Gasteiger partial charge in [0.1, 0.15) is 5.70 Å². The zero-order valence-corrected chi connectivity index (χ0v) is 19.0. The van der Waals surface area contributed by atoms with Crippen molar-refractivity contribution in [2.75, 3.05) is 11.4 Å². The number of benzene rings is 2. The van der Waals surface area contributed by atoms with Gasteiger partial charge in [0.2, 0.25) is 0 Å². The van der Waals surface area contributed by atoms with Crippen LogP contribution in [0.4, 0.5) is 10.5 Å². The van der Waals surface area contributed by atoms with Crippen LogP contribution >= 0.6 is 0 Å². The fourth-order valence-corrected chi connectivity index (χ4v) is 4.96. The van der Waals surface area contributed by atoms with E-state index in [-0.39, 0.29) is 24.0 Å². The van der Waals surface area contributed by atoms with Crippen LogP contribution in [0.5, 0.6) is 0 Å². The van der Waals surface area contributed by atoms with Crippen LogP contribution in [-0.2, 0) is 11.3 Å².